The fourth-order valence-electron chi connectivity index (χ4n) is 5.04. The first-order valence-electron chi connectivity index (χ1n) is 11.2. The number of piperidine rings is 1. The van der Waals surface area contributed by atoms with Gasteiger partial charge in [0.2, 0.25) is 5.91 Å². The van der Waals surface area contributed by atoms with Crippen molar-refractivity contribution < 1.29 is 14.3 Å². The molecule has 0 radical (unpaired) electrons. The largest absolute Gasteiger partial charge is 0.497 e. The fraction of sp³-hybridized carbons (Fsp3) is 0.478. The Morgan fingerprint density at radius 1 is 1.16 bits per heavy atom. The first kappa shape index (κ1) is 20.5. The molecular weight excluding hydrogens is 408 g/mol. The number of carbonyl (C=O) groups excluding carboxylic acids is 2. The Morgan fingerprint density at radius 2 is 1.88 bits per heavy atom. The number of nitrogens with zero attached hydrogens (tertiary/aromatic N) is 6. The number of likely N-dealkylation sites (tertiary alicyclic amines) is 1. The molecule has 9 heteroatoms. The zero-order valence-corrected chi connectivity index (χ0v) is 18.7. The van der Waals surface area contributed by atoms with Crippen molar-refractivity contribution in [2.45, 2.75) is 45.2 Å². The number of anilines is 1. The van der Waals surface area contributed by atoms with Crippen molar-refractivity contribution in [3.63, 3.8) is 0 Å². The van der Waals surface area contributed by atoms with Crippen LogP contribution in [0.15, 0.2) is 35.5 Å². The maximum absolute atomic E-state index is 13.5. The number of amidine groups is 1. The maximum Gasteiger partial charge on any atom is 0.331 e. The number of fused-ring (bicyclic) bond motifs is 3. The fourth-order valence-corrected chi connectivity index (χ4v) is 5.04. The summed E-state index contributed by atoms with van der Waals surface area (Å²) in [6.07, 6.45) is 4.83. The van der Waals surface area contributed by atoms with Gasteiger partial charge in [-0.2, -0.15) is 5.10 Å². The molecule has 0 spiro atoms. The molecule has 2 atom stereocenters. The van der Waals surface area contributed by atoms with Gasteiger partial charge in [0.15, 0.2) is 5.82 Å². The molecule has 1 aromatic carbocycles. The summed E-state index contributed by atoms with van der Waals surface area (Å²) in [6, 6.07) is 7.57. The Labute approximate surface area is 187 Å². The average molecular weight is 437 g/mol. The van der Waals surface area contributed by atoms with Crippen LogP contribution in [0.25, 0.3) is 5.69 Å². The van der Waals surface area contributed by atoms with Crippen LogP contribution in [0.3, 0.4) is 0 Å². The molecule has 3 amide bonds. The van der Waals surface area contributed by atoms with Gasteiger partial charge in [0, 0.05) is 18.6 Å². The van der Waals surface area contributed by atoms with Gasteiger partial charge in [0.05, 0.1) is 31.1 Å². The predicted octanol–water partition coefficient (Wildman–Crippen LogP) is 2.67. The molecule has 1 aromatic heterocycles. The monoisotopic (exact) mass is 436 g/mol. The van der Waals surface area contributed by atoms with Gasteiger partial charge in [-0.25, -0.2) is 9.48 Å². The van der Waals surface area contributed by atoms with E-state index in [4.69, 9.17) is 4.74 Å². The van der Waals surface area contributed by atoms with Crippen molar-refractivity contribution in [2.24, 2.45) is 4.99 Å². The smallest absolute Gasteiger partial charge is 0.331 e. The van der Waals surface area contributed by atoms with E-state index in [0.717, 1.165) is 36.3 Å². The molecule has 9 nitrogen and oxygen atoms in total. The molecule has 0 bridgehead atoms. The van der Waals surface area contributed by atoms with Crippen LogP contribution in [0.5, 0.6) is 5.75 Å². The van der Waals surface area contributed by atoms with E-state index in [1.54, 1.807) is 27.8 Å². The summed E-state index contributed by atoms with van der Waals surface area (Å²) >= 11 is 0. The third-order valence-electron chi connectivity index (χ3n) is 6.63. The van der Waals surface area contributed by atoms with Gasteiger partial charge in [-0.05, 0) is 57.4 Å². The Bertz CT molecular complexity index is 1070. The second-order valence-corrected chi connectivity index (χ2v) is 8.65. The van der Waals surface area contributed by atoms with E-state index in [1.165, 1.54) is 0 Å². The van der Waals surface area contributed by atoms with E-state index in [2.05, 4.69) is 23.9 Å². The third kappa shape index (κ3) is 3.23. The van der Waals surface area contributed by atoms with Crippen LogP contribution >= 0.6 is 0 Å². The second-order valence-electron chi connectivity index (χ2n) is 8.65. The summed E-state index contributed by atoms with van der Waals surface area (Å²) in [5, 5.41) is 4.57. The van der Waals surface area contributed by atoms with Crippen LogP contribution in [0.2, 0.25) is 0 Å². The lowest BCUT2D eigenvalue weighted by Crippen LogP contribution is -2.56. The average Bonchev–Trinajstić information content (AvgIpc) is 3.44. The van der Waals surface area contributed by atoms with Crippen LogP contribution < -0.4 is 9.64 Å². The molecular formula is C23H28N6O3. The summed E-state index contributed by atoms with van der Waals surface area (Å²) in [7, 11) is 1.62. The molecule has 0 saturated carbocycles. The van der Waals surface area contributed by atoms with E-state index >= 15 is 0 Å². The summed E-state index contributed by atoms with van der Waals surface area (Å²) in [4.78, 5) is 36.6. The Balaban J connectivity index is 1.54. The van der Waals surface area contributed by atoms with Crippen LogP contribution in [-0.2, 0) is 4.79 Å². The summed E-state index contributed by atoms with van der Waals surface area (Å²) < 4.78 is 6.97. The summed E-state index contributed by atoms with van der Waals surface area (Å²) in [5.74, 6) is 1.92. The van der Waals surface area contributed by atoms with E-state index < -0.39 is 0 Å². The zero-order chi connectivity index (χ0) is 22.4. The number of aromatic nitrogens is 2. The first-order chi connectivity index (χ1) is 15.5. The van der Waals surface area contributed by atoms with Gasteiger partial charge in [-0.3, -0.25) is 19.6 Å². The van der Waals surface area contributed by atoms with E-state index in [9.17, 15) is 9.59 Å². The van der Waals surface area contributed by atoms with Gasteiger partial charge in [-0.15, -0.1) is 0 Å². The number of hydrogen-bond donors (Lipinski definition) is 0. The van der Waals surface area contributed by atoms with Crippen LogP contribution in [0.1, 0.15) is 38.7 Å². The van der Waals surface area contributed by atoms with Crippen molar-refractivity contribution in [3.05, 3.63) is 36.0 Å². The first-order valence-corrected chi connectivity index (χ1v) is 11.2. The van der Waals surface area contributed by atoms with Gasteiger partial charge < -0.3 is 9.64 Å². The number of amides is 3. The minimum absolute atomic E-state index is 0.0217. The molecule has 1 fully saturated rings. The van der Waals surface area contributed by atoms with Gasteiger partial charge in [-0.1, -0.05) is 0 Å². The van der Waals surface area contributed by atoms with Crippen molar-refractivity contribution in [1.82, 2.24) is 19.6 Å². The highest BCUT2D eigenvalue weighted by molar-refractivity contribution is 6.20. The highest BCUT2D eigenvalue weighted by Crippen LogP contribution is 2.34. The maximum atomic E-state index is 13.5. The second kappa shape index (κ2) is 7.96. The van der Waals surface area contributed by atoms with E-state index in [-0.39, 0.29) is 30.6 Å². The molecule has 168 valence electrons. The lowest BCUT2D eigenvalue weighted by Gasteiger charge is -2.41. The molecule has 0 aliphatic carbocycles. The molecule has 32 heavy (non-hydrogen) atoms. The zero-order valence-electron chi connectivity index (χ0n) is 18.7. The SMILES string of the molecule is COc1ccc(-n2ncc3c2N(CC(=O)N2[C@@H](C)CCC[C@@H]2C)C(=O)N2CCN=C32)cc1. The van der Waals surface area contributed by atoms with Crippen molar-refractivity contribution in [1.29, 1.82) is 0 Å². The standard InChI is InChI=1S/C23H28N6O3/c1-15-5-4-6-16(2)28(15)20(30)14-27-22-19(21-24-11-12-26(21)23(27)31)13-25-29(22)17-7-9-18(32-3)10-8-17/h7-10,13,15-16H,4-6,11-12,14H2,1-3H3/t15-,16-/m0/s1. The molecule has 3 aliphatic heterocycles. The number of carbonyl (C=O) groups is 2. The molecule has 4 heterocycles. The number of hydrogen-bond acceptors (Lipinski definition) is 5. The highest BCUT2D eigenvalue weighted by Gasteiger charge is 2.42. The number of ether oxygens (including phenoxy) is 1. The van der Waals surface area contributed by atoms with Crippen LogP contribution in [-0.4, -0.2) is 76.2 Å². The highest BCUT2D eigenvalue weighted by atomic mass is 16.5. The van der Waals surface area contributed by atoms with Crippen molar-refractivity contribution in [3.8, 4) is 11.4 Å². The van der Waals surface area contributed by atoms with Crippen LogP contribution in [0, 0.1) is 0 Å². The summed E-state index contributed by atoms with van der Waals surface area (Å²) in [5.41, 5.74) is 1.55. The van der Waals surface area contributed by atoms with E-state index in [0.29, 0.717) is 24.7 Å². The molecule has 2 aromatic rings. The van der Waals surface area contributed by atoms with Crippen molar-refractivity contribution in [2.75, 3.05) is 31.6 Å². The third-order valence-corrected chi connectivity index (χ3v) is 6.63. The lowest BCUT2D eigenvalue weighted by atomic mass is 9.97. The Kier molecular flexibility index (Phi) is 5.11. The van der Waals surface area contributed by atoms with Gasteiger partial charge in [0.25, 0.3) is 0 Å². The normalized spacial score (nSPS) is 22.5. The number of methoxy groups -OCH3 is 1. The minimum atomic E-state index is -0.227. The van der Waals surface area contributed by atoms with Gasteiger partial charge in [0.1, 0.15) is 18.1 Å². The number of aliphatic imine (C=N–C) groups is 1. The van der Waals surface area contributed by atoms with Crippen LogP contribution in [0.4, 0.5) is 10.6 Å². The summed E-state index contributed by atoms with van der Waals surface area (Å²) in [6.45, 7) is 5.22. The number of rotatable bonds is 4. The quantitative estimate of drug-likeness (QED) is 0.738. The molecule has 0 unspecified atom stereocenters. The van der Waals surface area contributed by atoms with Crippen molar-refractivity contribution >= 4 is 23.6 Å². The van der Waals surface area contributed by atoms with E-state index in [1.807, 2.05) is 29.2 Å². The molecule has 3 aliphatic rings. The molecule has 1 saturated heterocycles. The minimum Gasteiger partial charge on any atom is -0.497 e. The Hall–Kier alpha value is -3.36. The predicted molar refractivity (Wildman–Crippen MR) is 121 cm³/mol. The number of benzene rings is 1. The lowest BCUT2D eigenvalue weighted by molar-refractivity contribution is -0.135. The molecule has 0 N–H and O–H groups in total. The molecule has 5 rings (SSSR count). The Morgan fingerprint density at radius 3 is 2.56 bits per heavy atom. The topological polar surface area (TPSA) is 83.3 Å². The van der Waals surface area contributed by atoms with Gasteiger partial charge >= 0.3 is 6.03 Å². The number of urea groups is 1.